The van der Waals surface area contributed by atoms with E-state index in [1.807, 2.05) is 13.0 Å². The van der Waals surface area contributed by atoms with Crippen molar-refractivity contribution in [3.05, 3.63) is 42.0 Å². The Morgan fingerprint density at radius 1 is 1.24 bits per heavy atom. The predicted molar refractivity (Wildman–Crippen MR) is 115 cm³/mol. The molecule has 1 aromatic heterocycles. The number of aromatic nitrogens is 1. The molecule has 1 N–H and O–H groups in total. The maximum Gasteiger partial charge on any atom is 0.298 e. The monoisotopic (exact) mass is 424 g/mol. The van der Waals surface area contributed by atoms with E-state index >= 15 is 0 Å². The Balaban J connectivity index is 2.08. The predicted octanol–water partition coefficient (Wildman–Crippen LogP) is 5.39. The van der Waals surface area contributed by atoms with E-state index in [9.17, 15) is 13.2 Å². The molecule has 0 aliphatic carbocycles. The first kappa shape index (κ1) is 21.8. The molecule has 7 heteroatoms. The highest BCUT2D eigenvalue weighted by atomic mass is 28.3. The highest BCUT2D eigenvalue weighted by Crippen LogP contribution is 2.32. The van der Waals surface area contributed by atoms with E-state index in [0.29, 0.717) is 11.8 Å². The fourth-order valence-corrected chi connectivity index (χ4v) is 8.50. The Labute approximate surface area is 171 Å². The van der Waals surface area contributed by atoms with Gasteiger partial charge in [-0.25, -0.2) is 13.2 Å². The first-order valence-corrected chi connectivity index (χ1v) is 13.1. The van der Waals surface area contributed by atoms with Crippen molar-refractivity contribution in [2.75, 3.05) is 13.2 Å². The molecule has 3 nitrogen and oxygen atoms in total. The topological polar surface area (TPSA) is 28.3 Å². The molecule has 2 heterocycles. The number of halogens is 3. The van der Waals surface area contributed by atoms with Crippen LogP contribution in [-0.2, 0) is 11.2 Å². The van der Waals surface area contributed by atoms with Gasteiger partial charge >= 0.3 is 0 Å². The molecule has 1 aliphatic rings. The molecular formula is C22H31F3N2OSi. The molecule has 160 valence electrons. The molecule has 3 rings (SSSR count). The quantitative estimate of drug-likeness (QED) is 0.604. The third kappa shape index (κ3) is 3.93. The number of nitrogens with zero attached hydrogens (tertiary/aromatic N) is 1. The third-order valence-electron chi connectivity index (χ3n) is 6.64. The molecular weight excluding hydrogens is 393 g/mol. The Bertz CT molecular complexity index is 883. The SMILES string of the molecule is C=C1OCC(F)(F)CN1[C@H](C)Cc1c([Si](CC)(CC)CC)[nH]c2cccc(F)c12. The van der Waals surface area contributed by atoms with E-state index in [4.69, 9.17) is 4.74 Å². The van der Waals surface area contributed by atoms with Gasteiger partial charge in [-0.05, 0) is 37.6 Å². The largest absolute Gasteiger partial charge is 0.473 e. The normalized spacial score (nSPS) is 18.2. The van der Waals surface area contributed by atoms with Gasteiger partial charge in [0.15, 0.2) is 12.5 Å². The first-order chi connectivity index (χ1) is 13.7. The fourth-order valence-electron chi connectivity index (χ4n) is 4.67. The Morgan fingerprint density at radius 3 is 2.52 bits per heavy atom. The lowest BCUT2D eigenvalue weighted by atomic mass is 10.0. The molecule has 0 saturated carbocycles. The van der Waals surface area contributed by atoms with Crippen LogP contribution in [0.1, 0.15) is 33.3 Å². The summed E-state index contributed by atoms with van der Waals surface area (Å²) in [7, 11) is -1.85. The lowest BCUT2D eigenvalue weighted by Gasteiger charge is -2.39. The molecule has 1 atom stereocenters. The van der Waals surface area contributed by atoms with Crippen molar-refractivity contribution < 1.29 is 17.9 Å². The zero-order valence-electron chi connectivity index (χ0n) is 17.7. The smallest absolute Gasteiger partial charge is 0.298 e. The number of benzene rings is 1. The van der Waals surface area contributed by atoms with Crippen LogP contribution in [0.2, 0.25) is 18.1 Å². The van der Waals surface area contributed by atoms with Crippen molar-refractivity contribution in [1.29, 1.82) is 0 Å². The minimum atomic E-state index is -2.92. The highest BCUT2D eigenvalue weighted by molar-refractivity contribution is 6.91. The van der Waals surface area contributed by atoms with Crippen LogP contribution >= 0.6 is 0 Å². The van der Waals surface area contributed by atoms with Crippen molar-refractivity contribution in [2.24, 2.45) is 0 Å². The third-order valence-corrected chi connectivity index (χ3v) is 12.2. The summed E-state index contributed by atoms with van der Waals surface area (Å²) in [5, 5.41) is 1.75. The maximum atomic E-state index is 14.9. The van der Waals surface area contributed by atoms with Crippen molar-refractivity contribution >= 4 is 24.3 Å². The number of nitrogens with one attached hydrogen (secondary N) is 1. The second-order valence-electron chi connectivity index (χ2n) is 8.20. The molecule has 0 spiro atoms. The van der Waals surface area contributed by atoms with Crippen LogP contribution in [0, 0.1) is 5.82 Å². The molecule has 0 unspecified atom stereocenters. The number of H-pyrrole nitrogens is 1. The second kappa shape index (κ2) is 8.09. The minimum Gasteiger partial charge on any atom is -0.473 e. The molecule has 0 radical (unpaired) electrons. The van der Waals surface area contributed by atoms with Gasteiger partial charge in [0.2, 0.25) is 0 Å². The van der Waals surface area contributed by atoms with Gasteiger partial charge in [-0.3, -0.25) is 0 Å². The molecule has 29 heavy (non-hydrogen) atoms. The molecule has 1 aromatic carbocycles. The lowest BCUT2D eigenvalue weighted by molar-refractivity contribution is -0.135. The average Bonchev–Trinajstić information content (AvgIpc) is 3.06. The lowest BCUT2D eigenvalue weighted by Crippen LogP contribution is -2.51. The van der Waals surface area contributed by atoms with E-state index < -0.39 is 27.1 Å². The van der Waals surface area contributed by atoms with Crippen LogP contribution in [0.15, 0.2) is 30.7 Å². The van der Waals surface area contributed by atoms with Gasteiger partial charge in [0, 0.05) is 22.3 Å². The van der Waals surface area contributed by atoms with E-state index in [1.165, 1.54) is 11.0 Å². The fraction of sp³-hybridized carbons (Fsp3) is 0.545. The number of fused-ring (bicyclic) bond motifs is 1. The minimum absolute atomic E-state index is 0.260. The average molecular weight is 425 g/mol. The number of hydrogen-bond donors (Lipinski definition) is 1. The van der Waals surface area contributed by atoms with Gasteiger partial charge in [0.1, 0.15) is 13.9 Å². The van der Waals surface area contributed by atoms with Crippen LogP contribution in [0.25, 0.3) is 10.9 Å². The summed E-state index contributed by atoms with van der Waals surface area (Å²) >= 11 is 0. The highest BCUT2D eigenvalue weighted by Gasteiger charge is 2.41. The van der Waals surface area contributed by atoms with Gasteiger partial charge < -0.3 is 14.6 Å². The summed E-state index contributed by atoms with van der Waals surface area (Å²) in [6.07, 6.45) is 0.462. The zero-order chi connectivity index (χ0) is 21.4. The molecule has 2 aromatic rings. The van der Waals surface area contributed by atoms with Crippen molar-refractivity contribution in [3.8, 4) is 0 Å². The zero-order valence-corrected chi connectivity index (χ0v) is 18.7. The second-order valence-corrected chi connectivity index (χ2v) is 13.4. The number of rotatable bonds is 7. The summed E-state index contributed by atoms with van der Waals surface area (Å²) < 4.78 is 47.9. The van der Waals surface area contributed by atoms with E-state index in [0.717, 1.165) is 34.5 Å². The number of alkyl halides is 2. The van der Waals surface area contributed by atoms with Crippen molar-refractivity contribution in [2.45, 2.75) is 64.2 Å². The van der Waals surface area contributed by atoms with Crippen LogP contribution in [-0.4, -0.2) is 43.1 Å². The van der Waals surface area contributed by atoms with Crippen molar-refractivity contribution in [3.63, 3.8) is 0 Å². The molecule has 0 bridgehead atoms. The van der Waals surface area contributed by atoms with Crippen molar-refractivity contribution in [1.82, 2.24) is 9.88 Å². The van der Waals surface area contributed by atoms with Crippen LogP contribution < -0.4 is 5.32 Å². The Kier molecular flexibility index (Phi) is 6.08. The van der Waals surface area contributed by atoms with Crippen LogP contribution in [0.3, 0.4) is 0 Å². The number of hydrogen-bond acceptors (Lipinski definition) is 2. The Hall–Kier alpha value is -1.89. The number of ether oxygens (including phenoxy) is 1. The molecule has 0 amide bonds. The van der Waals surface area contributed by atoms with Gasteiger partial charge in [-0.15, -0.1) is 0 Å². The van der Waals surface area contributed by atoms with Crippen LogP contribution in [0.4, 0.5) is 13.2 Å². The van der Waals surface area contributed by atoms with Gasteiger partial charge in [0.05, 0.1) is 6.54 Å². The summed E-state index contributed by atoms with van der Waals surface area (Å²) in [6, 6.07) is 7.93. The van der Waals surface area contributed by atoms with Gasteiger partial charge in [-0.2, -0.15) is 0 Å². The summed E-state index contributed by atoms with van der Waals surface area (Å²) in [5.41, 5.74) is 1.72. The van der Waals surface area contributed by atoms with Gasteiger partial charge in [-0.1, -0.05) is 45.0 Å². The van der Waals surface area contributed by atoms with E-state index in [-0.39, 0.29) is 17.7 Å². The first-order valence-electron chi connectivity index (χ1n) is 10.4. The summed E-state index contributed by atoms with van der Waals surface area (Å²) in [5.74, 6) is -2.92. The van der Waals surface area contributed by atoms with Crippen LogP contribution in [0.5, 0.6) is 0 Å². The summed E-state index contributed by atoms with van der Waals surface area (Å²) in [4.78, 5) is 5.05. The molecule has 1 saturated heterocycles. The molecule has 1 fully saturated rings. The van der Waals surface area contributed by atoms with Gasteiger partial charge in [0.25, 0.3) is 5.92 Å². The number of aromatic amines is 1. The van der Waals surface area contributed by atoms with E-state index in [2.05, 4.69) is 32.3 Å². The molecule has 1 aliphatic heterocycles. The summed E-state index contributed by atoms with van der Waals surface area (Å²) in [6.45, 7) is 11.2. The Morgan fingerprint density at radius 2 is 1.90 bits per heavy atom. The standard InChI is InChI=1S/C22H31F3N2OSi/c1-6-29(7-2,8-3)21-17(20-18(23)10-9-11-19(20)26-21)12-15(4)27-13-22(24,25)14-28-16(27)5/h9-11,15,26H,5-8,12-14H2,1-4H3/t15-/m1/s1. The van der Waals surface area contributed by atoms with E-state index in [1.54, 1.807) is 6.07 Å². The maximum absolute atomic E-state index is 14.9.